The molecule has 256 valence electrons. The predicted molar refractivity (Wildman–Crippen MR) is 194 cm³/mol. The average Bonchev–Trinajstić information content (AvgIpc) is 3.59. The number of hydrogen-bond acceptors (Lipinski definition) is 9. The summed E-state index contributed by atoms with van der Waals surface area (Å²) < 4.78 is 5.57. The number of pyridine rings is 2. The highest BCUT2D eigenvalue weighted by molar-refractivity contribution is 7.16. The zero-order chi connectivity index (χ0) is 34.4. The Hall–Kier alpha value is -4.94. The van der Waals surface area contributed by atoms with Crippen LogP contribution in [0.1, 0.15) is 79.9 Å². The van der Waals surface area contributed by atoms with Gasteiger partial charge < -0.3 is 20.3 Å². The van der Waals surface area contributed by atoms with Gasteiger partial charge >= 0.3 is 0 Å². The number of hydrogen-bond donors (Lipinski definition) is 2. The number of thiophene rings is 1. The molecule has 1 atom stereocenters. The van der Waals surface area contributed by atoms with Crippen LogP contribution in [0.25, 0.3) is 0 Å². The summed E-state index contributed by atoms with van der Waals surface area (Å²) >= 11 is 1.37. The molecular weight excluding hydrogens is 651 g/mol. The number of nitrogens with one attached hydrogen (secondary N) is 2. The summed E-state index contributed by atoms with van der Waals surface area (Å²) in [6.45, 7) is 7.17. The lowest BCUT2D eigenvalue weighted by molar-refractivity contribution is -0.000511. The number of rotatable bonds is 7. The summed E-state index contributed by atoms with van der Waals surface area (Å²) in [6.07, 6.45) is 8.69. The lowest BCUT2D eigenvalue weighted by Crippen LogP contribution is -2.59. The Morgan fingerprint density at radius 1 is 0.980 bits per heavy atom. The van der Waals surface area contributed by atoms with Crippen LogP contribution in [0.4, 0.5) is 23.0 Å². The van der Waals surface area contributed by atoms with Crippen molar-refractivity contribution in [1.29, 1.82) is 0 Å². The SMILES string of the molecule is Cc1cnc(N2CC3(CCOCC3)C2)c(C(=O)Nc2ccc(C(=O)N3c4cccnc4N=C(c4ccc(C(=O)NC5CCC5)s4)[C@H]3C)cc2)c1. The zero-order valence-corrected chi connectivity index (χ0v) is 29.0. The second-order valence-electron chi connectivity index (χ2n) is 13.8. The molecular formula is C38H39N7O4S. The maximum absolute atomic E-state index is 14.2. The number of aliphatic imine (C=N–C) groups is 1. The molecule has 50 heavy (non-hydrogen) atoms. The lowest BCUT2D eigenvalue weighted by Gasteiger charge is -2.53. The first kappa shape index (κ1) is 32.3. The van der Waals surface area contributed by atoms with E-state index in [0.29, 0.717) is 44.7 Å². The van der Waals surface area contributed by atoms with Crippen LogP contribution in [0.5, 0.6) is 0 Å². The Balaban J connectivity index is 0.987. The van der Waals surface area contributed by atoms with Gasteiger partial charge in [-0.05, 0) is 106 Å². The van der Waals surface area contributed by atoms with Gasteiger partial charge in [0, 0.05) is 61.4 Å². The third-order valence-electron chi connectivity index (χ3n) is 10.3. The van der Waals surface area contributed by atoms with E-state index >= 15 is 0 Å². The highest BCUT2D eigenvalue weighted by Gasteiger charge is 2.45. The number of ether oxygens (including phenoxy) is 1. The van der Waals surface area contributed by atoms with Crippen molar-refractivity contribution in [2.24, 2.45) is 10.4 Å². The fourth-order valence-electron chi connectivity index (χ4n) is 7.20. The molecule has 4 aliphatic rings. The van der Waals surface area contributed by atoms with E-state index in [9.17, 15) is 14.4 Å². The number of carbonyl (C=O) groups is 3. The van der Waals surface area contributed by atoms with Crippen molar-refractivity contribution in [3.05, 3.63) is 93.4 Å². The third kappa shape index (κ3) is 6.07. The molecule has 12 heteroatoms. The molecule has 1 aliphatic carbocycles. The number of anilines is 3. The minimum atomic E-state index is -0.422. The number of aryl methyl sites for hydroxylation is 1. The van der Waals surface area contributed by atoms with E-state index in [1.54, 1.807) is 47.6 Å². The average molecular weight is 690 g/mol. The predicted octanol–water partition coefficient (Wildman–Crippen LogP) is 6.17. The van der Waals surface area contributed by atoms with Crippen molar-refractivity contribution in [3.63, 3.8) is 0 Å². The number of fused-ring (bicyclic) bond motifs is 1. The van der Waals surface area contributed by atoms with Crippen LogP contribution in [0.2, 0.25) is 0 Å². The molecule has 3 aromatic heterocycles. The standard InChI is InChI=1S/C38H39N7O4S/c1-23-19-28(34(40-20-23)44-21-38(22-44)14-17-49-18-15-38)35(46)41-27-10-8-25(9-11-27)37(48)45-24(2)32(43-33-29(45)7-4-16-39-33)30-12-13-31(50-30)36(47)42-26-5-3-6-26/h4,7-13,16,19-20,24,26H,3,5-6,14-15,17-18,21-22H2,1-2H3,(H,41,46)(H,42,47)/t24-/m1/s1. The second kappa shape index (κ2) is 13.1. The van der Waals surface area contributed by atoms with Crippen molar-refractivity contribution >= 4 is 57.8 Å². The third-order valence-corrected chi connectivity index (χ3v) is 11.4. The first-order chi connectivity index (χ1) is 24.3. The fraction of sp³-hybridized carbons (Fsp3) is 0.368. The molecule has 11 nitrogen and oxygen atoms in total. The van der Waals surface area contributed by atoms with E-state index in [-0.39, 0.29) is 29.2 Å². The first-order valence-electron chi connectivity index (χ1n) is 17.3. The van der Waals surface area contributed by atoms with Gasteiger partial charge in [-0.3, -0.25) is 19.3 Å². The number of carbonyl (C=O) groups excluding carboxylic acids is 3. The van der Waals surface area contributed by atoms with E-state index in [0.717, 1.165) is 68.8 Å². The van der Waals surface area contributed by atoms with Gasteiger partial charge in [-0.25, -0.2) is 15.0 Å². The Bertz CT molecular complexity index is 1990. The summed E-state index contributed by atoms with van der Waals surface area (Å²) in [6, 6.07) is 16.0. The van der Waals surface area contributed by atoms with Gasteiger partial charge in [0.1, 0.15) is 5.82 Å². The van der Waals surface area contributed by atoms with Crippen molar-refractivity contribution in [2.45, 2.75) is 58.0 Å². The van der Waals surface area contributed by atoms with Crippen LogP contribution in [-0.2, 0) is 4.74 Å². The summed E-state index contributed by atoms with van der Waals surface area (Å²) in [5, 5.41) is 6.11. The van der Waals surface area contributed by atoms with Crippen molar-refractivity contribution < 1.29 is 19.1 Å². The molecule has 3 fully saturated rings. The van der Waals surface area contributed by atoms with Crippen LogP contribution >= 0.6 is 11.3 Å². The van der Waals surface area contributed by atoms with Gasteiger partial charge in [0.2, 0.25) is 0 Å². The van der Waals surface area contributed by atoms with Gasteiger partial charge in [0.25, 0.3) is 17.7 Å². The Morgan fingerprint density at radius 2 is 1.76 bits per heavy atom. The Morgan fingerprint density at radius 3 is 2.50 bits per heavy atom. The Labute approximate surface area is 294 Å². The number of amides is 3. The van der Waals surface area contributed by atoms with Crippen LogP contribution in [0.15, 0.2) is 72.0 Å². The van der Waals surface area contributed by atoms with Crippen molar-refractivity contribution in [3.8, 4) is 0 Å². The molecule has 3 aliphatic heterocycles. The molecule has 8 rings (SSSR count). The summed E-state index contributed by atoms with van der Waals surface area (Å²) in [5.41, 5.74) is 4.00. The first-order valence-corrected chi connectivity index (χ1v) is 18.1. The maximum Gasteiger partial charge on any atom is 0.261 e. The van der Waals surface area contributed by atoms with Crippen LogP contribution in [0, 0.1) is 12.3 Å². The van der Waals surface area contributed by atoms with E-state index in [1.807, 2.05) is 38.1 Å². The molecule has 2 saturated heterocycles. The summed E-state index contributed by atoms with van der Waals surface area (Å²) in [5.74, 6) is 0.594. The normalized spacial score (nSPS) is 19.6. The van der Waals surface area contributed by atoms with Gasteiger partial charge in [-0.1, -0.05) is 0 Å². The van der Waals surface area contributed by atoms with Crippen molar-refractivity contribution in [2.75, 3.05) is 41.4 Å². The molecule has 0 unspecified atom stereocenters. The molecule has 3 amide bonds. The lowest BCUT2D eigenvalue weighted by atomic mass is 9.73. The topological polar surface area (TPSA) is 129 Å². The van der Waals surface area contributed by atoms with Crippen LogP contribution in [-0.4, -0.2) is 71.8 Å². The molecule has 1 spiro atoms. The van der Waals surface area contributed by atoms with E-state index in [1.165, 1.54) is 11.3 Å². The summed E-state index contributed by atoms with van der Waals surface area (Å²) in [4.78, 5) is 59.9. The second-order valence-corrected chi connectivity index (χ2v) is 14.9. The highest BCUT2D eigenvalue weighted by atomic mass is 32.1. The molecule has 0 radical (unpaired) electrons. The van der Waals surface area contributed by atoms with E-state index in [4.69, 9.17) is 9.73 Å². The number of benzene rings is 1. The monoisotopic (exact) mass is 689 g/mol. The fourth-order valence-corrected chi connectivity index (χ4v) is 8.18. The molecule has 4 aromatic rings. The van der Waals surface area contributed by atoms with E-state index in [2.05, 4.69) is 25.5 Å². The molecule has 0 bridgehead atoms. The largest absolute Gasteiger partial charge is 0.381 e. The zero-order valence-electron chi connectivity index (χ0n) is 28.1. The summed E-state index contributed by atoms with van der Waals surface area (Å²) in [7, 11) is 0. The quantitative estimate of drug-likeness (QED) is 0.238. The minimum absolute atomic E-state index is 0.0764. The molecule has 2 N–H and O–H groups in total. The van der Waals surface area contributed by atoms with Crippen molar-refractivity contribution in [1.82, 2.24) is 15.3 Å². The van der Waals surface area contributed by atoms with Gasteiger partial charge in [0.05, 0.1) is 32.8 Å². The number of aromatic nitrogens is 2. The van der Waals surface area contributed by atoms with Gasteiger partial charge in [0.15, 0.2) is 5.82 Å². The maximum atomic E-state index is 14.2. The van der Waals surface area contributed by atoms with Gasteiger partial charge in [-0.15, -0.1) is 11.3 Å². The van der Waals surface area contributed by atoms with E-state index < -0.39 is 6.04 Å². The smallest absolute Gasteiger partial charge is 0.261 e. The van der Waals surface area contributed by atoms with Gasteiger partial charge in [-0.2, -0.15) is 0 Å². The molecule has 6 heterocycles. The molecule has 1 aromatic carbocycles. The van der Waals surface area contributed by atoms with Crippen LogP contribution < -0.4 is 20.4 Å². The number of nitrogens with zero attached hydrogens (tertiary/aromatic N) is 5. The molecule has 1 saturated carbocycles. The highest BCUT2D eigenvalue weighted by Crippen LogP contribution is 2.42. The van der Waals surface area contributed by atoms with Crippen LogP contribution in [0.3, 0.4) is 0 Å². The Kier molecular flexibility index (Phi) is 8.44. The minimum Gasteiger partial charge on any atom is -0.381 e.